The van der Waals surface area contributed by atoms with Crippen molar-refractivity contribution in [2.24, 2.45) is 5.41 Å². The molecule has 0 radical (unpaired) electrons. The molecule has 6 nitrogen and oxygen atoms in total. The molecular formula is C14H26N2O4. The zero-order valence-electron chi connectivity index (χ0n) is 12.7. The zero-order valence-corrected chi connectivity index (χ0v) is 12.7. The van der Waals surface area contributed by atoms with E-state index in [4.69, 9.17) is 9.84 Å². The van der Waals surface area contributed by atoms with Crippen molar-refractivity contribution < 1.29 is 19.4 Å². The molecule has 0 aromatic heterocycles. The number of hydrogen-bond acceptors (Lipinski definition) is 3. The Morgan fingerprint density at radius 3 is 2.40 bits per heavy atom. The fraction of sp³-hybridized carbons (Fsp3) is 0.857. The summed E-state index contributed by atoms with van der Waals surface area (Å²) in [5.41, 5.74) is -0.0367. The van der Waals surface area contributed by atoms with E-state index in [2.05, 4.69) is 10.6 Å². The number of carbonyl (C=O) groups is 2. The van der Waals surface area contributed by atoms with Gasteiger partial charge in [-0.2, -0.15) is 0 Å². The highest BCUT2D eigenvalue weighted by atomic mass is 16.5. The Morgan fingerprint density at radius 1 is 1.35 bits per heavy atom. The van der Waals surface area contributed by atoms with Gasteiger partial charge in [-0.3, -0.25) is 4.79 Å². The summed E-state index contributed by atoms with van der Waals surface area (Å²) in [6.07, 6.45) is 2.41. The molecule has 2 amide bonds. The van der Waals surface area contributed by atoms with Crippen LogP contribution in [0.2, 0.25) is 0 Å². The van der Waals surface area contributed by atoms with Gasteiger partial charge in [-0.25, -0.2) is 4.79 Å². The Morgan fingerprint density at radius 2 is 1.95 bits per heavy atom. The summed E-state index contributed by atoms with van der Waals surface area (Å²) in [7, 11) is 1.66. The van der Waals surface area contributed by atoms with Crippen molar-refractivity contribution >= 4 is 12.0 Å². The summed E-state index contributed by atoms with van der Waals surface area (Å²) < 4.78 is 5.15. The van der Waals surface area contributed by atoms with Crippen LogP contribution in [-0.2, 0) is 9.53 Å². The number of carboxylic acids is 1. The SMILES string of the molecule is COC1CC(NC(=O)NC(CC(=O)O)CC(C)(C)C)C1. The highest BCUT2D eigenvalue weighted by Crippen LogP contribution is 2.23. The lowest BCUT2D eigenvalue weighted by molar-refractivity contribution is -0.137. The van der Waals surface area contributed by atoms with Crippen molar-refractivity contribution in [1.29, 1.82) is 0 Å². The first-order valence-electron chi connectivity index (χ1n) is 7.01. The van der Waals surface area contributed by atoms with Crippen LogP contribution in [0.4, 0.5) is 4.79 Å². The first kappa shape index (κ1) is 16.8. The highest BCUT2D eigenvalue weighted by molar-refractivity contribution is 5.76. The molecule has 1 aliphatic rings. The number of amides is 2. The van der Waals surface area contributed by atoms with Gasteiger partial charge in [0.1, 0.15) is 0 Å². The molecule has 1 aliphatic carbocycles. The third-order valence-electron chi connectivity index (χ3n) is 3.38. The van der Waals surface area contributed by atoms with Crippen molar-refractivity contribution in [1.82, 2.24) is 10.6 Å². The van der Waals surface area contributed by atoms with Crippen LogP contribution in [-0.4, -0.2) is 42.4 Å². The van der Waals surface area contributed by atoms with Crippen molar-refractivity contribution in [3.63, 3.8) is 0 Å². The summed E-state index contributed by atoms with van der Waals surface area (Å²) in [4.78, 5) is 22.7. The van der Waals surface area contributed by atoms with Crippen LogP contribution in [0.1, 0.15) is 46.5 Å². The van der Waals surface area contributed by atoms with Crippen LogP contribution in [0.5, 0.6) is 0 Å². The highest BCUT2D eigenvalue weighted by Gasteiger charge is 2.31. The van der Waals surface area contributed by atoms with E-state index < -0.39 is 5.97 Å². The number of carbonyl (C=O) groups excluding carboxylic acids is 1. The Hall–Kier alpha value is -1.30. The lowest BCUT2D eigenvalue weighted by Crippen LogP contribution is -2.53. The maximum absolute atomic E-state index is 11.9. The predicted molar refractivity (Wildman–Crippen MR) is 75.6 cm³/mol. The van der Waals surface area contributed by atoms with Crippen molar-refractivity contribution in [3.8, 4) is 0 Å². The third kappa shape index (κ3) is 6.23. The topological polar surface area (TPSA) is 87.7 Å². The average Bonchev–Trinajstić information content (AvgIpc) is 2.18. The van der Waals surface area contributed by atoms with Gasteiger partial charge in [0.15, 0.2) is 0 Å². The molecule has 0 spiro atoms. The quantitative estimate of drug-likeness (QED) is 0.694. The number of urea groups is 1. The van der Waals surface area contributed by atoms with Gasteiger partial charge in [0.25, 0.3) is 0 Å². The molecule has 1 atom stereocenters. The molecule has 0 aliphatic heterocycles. The van der Waals surface area contributed by atoms with E-state index in [9.17, 15) is 9.59 Å². The van der Waals surface area contributed by atoms with Gasteiger partial charge >= 0.3 is 12.0 Å². The van der Waals surface area contributed by atoms with Gasteiger partial charge in [-0.1, -0.05) is 20.8 Å². The molecule has 0 aromatic rings. The smallest absolute Gasteiger partial charge is 0.315 e. The molecule has 20 heavy (non-hydrogen) atoms. The average molecular weight is 286 g/mol. The minimum absolute atomic E-state index is 0.0367. The van der Waals surface area contributed by atoms with Gasteiger partial charge in [0, 0.05) is 19.2 Å². The Bertz CT molecular complexity index is 346. The number of nitrogens with one attached hydrogen (secondary N) is 2. The van der Waals surface area contributed by atoms with Gasteiger partial charge < -0.3 is 20.5 Å². The molecule has 3 N–H and O–H groups in total. The standard InChI is InChI=1S/C14H26N2O4/c1-14(2,3)8-10(7-12(17)18)16-13(19)15-9-5-11(6-9)20-4/h9-11H,5-8H2,1-4H3,(H,17,18)(H2,15,16,19). The Balaban J connectivity index is 2.39. The predicted octanol–water partition coefficient (Wildman–Crippen LogP) is 1.74. The molecule has 0 aromatic carbocycles. The van der Waals surface area contributed by atoms with E-state index >= 15 is 0 Å². The maximum Gasteiger partial charge on any atom is 0.315 e. The van der Waals surface area contributed by atoms with Crippen LogP contribution < -0.4 is 10.6 Å². The van der Waals surface area contributed by atoms with Gasteiger partial charge in [0.2, 0.25) is 0 Å². The zero-order chi connectivity index (χ0) is 15.3. The fourth-order valence-electron chi connectivity index (χ4n) is 2.41. The molecule has 0 saturated heterocycles. The first-order valence-corrected chi connectivity index (χ1v) is 7.01. The number of hydrogen-bond donors (Lipinski definition) is 3. The summed E-state index contributed by atoms with van der Waals surface area (Å²) in [5.74, 6) is -0.900. The minimum atomic E-state index is -0.900. The third-order valence-corrected chi connectivity index (χ3v) is 3.38. The Labute approximate surface area is 120 Å². The second kappa shape index (κ2) is 6.92. The van der Waals surface area contributed by atoms with Crippen LogP contribution >= 0.6 is 0 Å². The minimum Gasteiger partial charge on any atom is -0.481 e. The van der Waals surface area contributed by atoms with Crippen LogP contribution in [0.15, 0.2) is 0 Å². The number of carboxylic acid groups (broad SMARTS) is 1. The first-order chi connectivity index (χ1) is 9.19. The van der Waals surface area contributed by atoms with Crippen molar-refractivity contribution in [2.45, 2.75) is 64.6 Å². The summed E-state index contributed by atoms with van der Waals surface area (Å²) >= 11 is 0. The van der Waals surface area contributed by atoms with Crippen LogP contribution in [0.25, 0.3) is 0 Å². The Kier molecular flexibility index (Phi) is 5.80. The van der Waals surface area contributed by atoms with Crippen LogP contribution in [0, 0.1) is 5.41 Å². The van der Waals surface area contributed by atoms with Gasteiger partial charge in [-0.15, -0.1) is 0 Å². The number of aliphatic carboxylic acids is 1. The summed E-state index contributed by atoms with van der Waals surface area (Å²) in [6, 6.07) is -0.522. The van der Waals surface area contributed by atoms with Crippen LogP contribution in [0.3, 0.4) is 0 Å². The van der Waals surface area contributed by atoms with E-state index in [1.54, 1.807) is 7.11 Å². The second-order valence-electron chi connectivity index (χ2n) is 6.70. The van der Waals surface area contributed by atoms with E-state index in [1.165, 1.54) is 0 Å². The van der Waals surface area contributed by atoms with Gasteiger partial charge in [0.05, 0.1) is 12.5 Å². The lowest BCUT2D eigenvalue weighted by atomic mass is 9.87. The summed E-state index contributed by atoms with van der Waals surface area (Å²) in [5, 5.41) is 14.5. The molecule has 1 unspecified atom stereocenters. The molecule has 6 heteroatoms. The van der Waals surface area contributed by atoms with Crippen molar-refractivity contribution in [2.75, 3.05) is 7.11 Å². The molecule has 1 rings (SSSR count). The van der Waals surface area contributed by atoms with E-state index in [0.29, 0.717) is 6.42 Å². The fourth-order valence-corrected chi connectivity index (χ4v) is 2.41. The molecule has 1 fully saturated rings. The van der Waals surface area contributed by atoms with E-state index in [-0.39, 0.29) is 36.1 Å². The lowest BCUT2D eigenvalue weighted by Gasteiger charge is -2.35. The number of methoxy groups -OCH3 is 1. The largest absolute Gasteiger partial charge is 0.481 e. The number of rotatable bonds is 6. The number of ether oxygens (including phenoxy) is 1. The maximum atomic E-state index is 11.9. The molecule has 0 bridgehead atoms. The van der Waals surface area contributed by atoms with E-state index in [1.807, 2.05) is 20.8 Å². The van der Waals surface area contributed by atoms with Crippen molar-refractivity contribution in [3.05, 3.63) is 0 Å². The molecule has 0 heterocycles. The molecule has 1 saturated carbocycles. The monoisotopic (exact) mass is 286 g/mol. The summed E-state index contributed by atoms with van der Waals surface area (Å²) in [6.45, 7) is 6.07. The normalized spacial score (nSPS) is 23.6. The molecule has 116 valence electrons. The van der Waals surface area contributed by atoms with E-state index in [0.717, 1.165) is 12.8 Å². The second-order valence-corrected chi connectivity index (χ2v) is 6.70. The van der Waals surface area contributed by atoms with Gasteiger partial charge in [-0.05, 0) is 24.7 Å². The molecular weight excluding hydrogens is 260 g/mol.